The molecule has 10 nitrogen and oxygen atoms in total. The Morgan fingerprint density at radius 3 is 3.00 bits per heavy atom. The maximum Gasteiger partial charge on any atom is 0.273 e. The van der Waals surface area contributed by atoms with Gasteiger partial charge in [0.25, 0.3) is 5.91 Å². The Bertz CT molecular complexity index is 562. The monoisotopic (exact) mass is 268 g/mol. The molecule has 2 rings (SSSR count). The van der Waals surface area contributed by atoms with Crippen LogP contribution in [0.4, 0.5) is 5.13 Å². The lowest BCUT2D eigenvalue weighted by molar-refractivity contribution is -0.112. The number of tetrazole rings is 1. The number of nitrogen functional groups attached to an aromatic ring is 1. The molecule has 0 saturated heterocycles. The molecule has 0 aromatic carbocycles. The first-order valence-corrected chi connectivity index (χ1v) is 5.48. The van der Waals surface area contributed by atoms with Crippen molar-refractivity contribution < 1.29 is 9.63 Å². The summed E-state index contributed by atoms with van der Waals surface area (Å²) < 4.78 is 0. The fourth-order valence-corrected chi connectivity index (χ4v) is 1.56. The Morgan fingerprint density at radius 2 is 2.44 bits per heavy atom. The van der Waals surface area contributed by atoms with Crippen LogP contribution in [0.3, 0.4) is 0 Å². The highest BCUT2D eigenvalue weighted by molar-refractivity contribution is 7.13. The van der Waals surface area contributed by atoms with Crippen LogP contribution in [-0.2, 0) is 16.2 Å². The number of nitrogens with one attached hydrogen (secondary N) is 1. The van der Waals surface area contributed by atoms with Gasteiger partial charge < -0.3 is 16.3 Å². The van der Waals surface area contributed by atoms with E-state index in [0.717, 1.165) is 11.3 Å². The molecule has 0 unspecified atom stereocenters. The maximum atomic E-state index is 11.2. The van der Waals surface area contributed by atoms with E-state index in [1.807, 2.05) is 0 Å². The molecule has 2 aromatic heterocycles. The van der Waals surface area contributed by atoms with E-state index < -0.39 is 5.91 Å². The topological polar surface area (TPSA) is 158 Å². The summed E-state index contributed by atoms with van der Waals surface area (Å²) in [5.74, 6) is -0.478. The molecule has 0 fully saturated rings. The Balaban J connectivity index is 2.08. The normalized spacial score (nSPS) is 11.4. The number of hydrogen-bond acceptors (Lipinski definition) is 9. The lowest BCUT2D eigenvalue weighted by Gasteiger charge is -1.98. The molecule has 0 saturated carbocycles. The molecule has 0 aliphatic carbocycles. The van der Waals surface area contributed by atoms with E-state index in [4.69, 9.17) is 16.3 Å². The number of aromatic amines is 1. The Labute approximate surface area is 104 Å². The van der Waals surface area contributed by atoms with Crippen molar-refractivity contribution in [2.45, 2.75) is 6.61 Å². The summed E-state index contributed by atoms with van der Waals surface area (Å²) in [6, 6.07) is 0. The van der Waals surface area contributed by atoms with E-state index in [0.29, 0.717) is 11.0 Å². The highest BCUT2D eigenvalue weighted by Gasteiger charge is 2.15. The van der Waals surface area contributed by atoms with Crippen LogP contribution in [0.15, 0.2) is 10.5 Å². The number of nitrogens with zero attached hydrogens (tertiary/aromatic N) is 5. The number of hydrogen-bond donors (Lipinski definition) is 3. The van der Waals surface area contributed by atoms with Gasteiger partial charge in [0.15, 0.2) is 17.5 Å². The van der Waals surface area contributed by atoms with Crippen molar-refractivity contribution in [3.8, 4) is 0 Å². The predicted octanol–water partition coefficient (Wildman–Crippen LogP) is -1.36. The minimum Gasteiger partial charge on any atom is -0.387 e. The van der Waals surface area contributed by atoms with Crippen molar-refractivity contribution in [3.05, 3.63) is 16.9 Å². The van der Waals surface area contributed by atoms with Crippen molar-refractivity contribution in [2.24, 2.45) is 10.9 Å². The zero-order chi connectivity index (χ0) is 13.0. The molecule has 5 N–H and O–H groups in total. The van der Waals surface area contributed by atoms with Crippen LogP contribution in [0.5, 0.6) is 0 Å². The van der Waals surface area contributed by atoms with E-state index in [1.54, 1.807) is 5.38 Å². The summed E-state index contributed by atoms with van der Waals surface area (Å²) in [6.45, 7) is -0.0487. The largest absolute Gasteiger partial charge is 0.387 e. The molecular weight excluding hydrogens is 260 g/mol. The summed E-state index contributed by atoms with van der Waals surface area (Å²) >= 11 is 1.16. The van der Waals surface area contributed by atoms with Gasteiger partial charge in [0, 0.05) is 5.38 Å². The number of carbonyl (C=O) groups is 1. The summed E-state index contributed by atoms with van der Waals surface area (Å²) in [7, 11) is 0. The lowest BCUT2D eigenvalue weighted by Crippen LogP contribution is -2.25. The minimum atomic E-state index is -0.770. The molecule has 0 bridgehead atoms. The van der Waals surface area contributed by atoms with Gasteiger partial charge in [-0.05, 0) is 0 Å². The zero-order valence-corrected chi connectivity index (χ0v) is 9.72. The van der Waals surface area contributed by atoms with E-state index in [2.05, 4.69) is 30.8 Å². The summed E-state index contributed by atoms with van der Waals surface area (Å²) in [6.07, 6.45) is 0. The molecule has 18 heavy (non-hydrogen) atoms. The van der Waals surface area contributed by atoms with Crippen LogP contribution in [0, 0.1) is 0 Å². The quantitative estimate of drug-likeness (QED) is 0.446. The van der Waals surface area contributed by atoms with Crippen LogP contribution >= 0.6 is 11.3 Å². The number of aromatic nitrogens is 5. The van der Waals surface area contributed by atoms with Gasteiger partial charge >= 0.3 is 0 Å². The van der Waals surface area contributed by atoms with Crippen molar-refractivity contribution in [2.75, 3.05) is 5.73 Å². The summed E-state index contributed by atoms with van der Waals surface area (Å²) in [4.78, 5) is 20.0. The molecular formula is C7H8N8O2S. The van der Waals surface area contributed by atoms with Crippen LogP contribution in [0.1, 0.15) is 11.5 Å². The van der Waals surface area contributed by atoms with E-state index >= 15 is 0 Å². The molecule has 1 amide bonds. The SMILES string of the molecule is NC(=O)/C(=N\OCc1nn[nH]n1)c1csc(N)n1. The molecule has 0 aliphatic rings. The molecule has 0 spiro atoms. The molecule has 0 radical (unpaired) electrons. The second-order valence-corrected chi connectivity index (χ2v) is 3.87. The van der Waals surface area contributed by atoms with Crippen molar-refractivity contribution >= 4 is 28.1 Å². The number of primary amides is 1. The number of carbonyl (C=O) groups excluding carboxylic acids is 1. The standard InChI is InChI=1S/C7H8N8O2S/c8-6(16)5(3-2-18-7(9)10-3)13-17-1-4-11-14-15-12-4/h2H,1H2,(H2,8,16)(H2,9,10)(H,11,12,14,15)/b13-5-. The molecule has 2 heterocycles. The van der Waals surface area contributed by atoms with Gasteiger partial charge in [-0.3, -0.25) is 4.79 Å². The fourth-order valence-electron chi connectivity index (χ4n) is 1.01. The van der Waals surface area contributed by atoms with Gasteiger partial charge in [0.2, 0.25) is 5.82 Å². The highest BCUT2D eigenvalue weighted by atomic mass is 32.1. The average Bonchev–Trinajstić information content (AvgIpc) is 2.95. The molecule has 2 aromatic rings. The molecule has 0 atom stereocenters. The molecule has 11 heteroatoms. The summed E-state index contributed by atoms with van der Waals surface area (Å²) in [5, 5.41) is 18.3. The maximum absolute atomic E-state index is 11.2. The van der Waals surface area contributed by atoms with Crippen LogP contribution in [0.2, 0.25) is 0 Å². The third-order valence-corrected chi connectivity index (χ3v) is 2.41. The minimum absolute atomic E-state index is 0.0487. The van der Waals surface area contributed by atoms with Gasteiger partial charge in [-0.25, -0.2) is 4.98 Å². The smallest absolute Gasteiger partial charge is 0.273 e. The molecule has 94 valence electrons. The Kier molecular flexibility index (Phi) is 3.43. The molecule has 0 aliphatic heterocycles. The predicted molar refractivity (Wildman–Crippen MR) is 61.2 cm³/mol. The first-order chi connectivity index (χ1) is 8.66. The first kappa shape index (κ1) is 11.9. The number of thiazole rings is 1. The Morgan fingerprint density at radius 1 is 1.61 bits per heavy atom. The van der Waals surface area contributed by atoms with Gasteiger partial charge in [-0.2, -0.15) is 5.21 Å². The lowest BCUT2D eigenvalue weighted by atomic mass is 10.3. The van der Waals surface area contributed by atoms with Crippen LogP contribution < -0.4 is 11.5 Å². The number of rotatable bonds is 5. The van der Waals surface area contributed by atoms with E-state index in [9.17, 15) is 4.79 Å². The van der Waals surface area contributed by atoms with Gasteiger partial charge in [-0.15, -0.1) is 21.5 Å². The van der Waals surface area contributed by atoms with Gasteiger partial charge in [0.1, 0.15) is 5.69 Å². The zero-order valence-electron chi connectivity index (χ0n) is 8.90. The summed E-state index contributed by atoms with van der Waals surface area (Å²) in [5.41, 5.74) is 10.8. The average molecular weight is 268 g/mol. The van der Waals surface area contributed by atoms with Crippen LogP contribution in [-0.4, -0.2) is 37.2 Å². The third kappa shape index (κ3) is 2.76. The van der Waals surface area contributed by atoms with E-state index in [1.165, 1.54) is 0 Å². The van der Waals surface area contributed by atoms with Gasteiger partial charge in [-0.1, -0.05) is 10.4 Å². The number of nitrogens with two attached hydrogens (primary N) is 2. The third-order valence-electron chi connectivity index (χ3n) is 1.74. The number of amides is 1. The van der Waals surface area contributed by atoms with Gasteiger partial charge in [0.05, 0.1) is 0 Å². The van der Waals surface area contributed by atoms with Crippen molar-refractivity contribution in [3.63, 3.8) is 0 Å². The number of anilines is 1. The number of oxime groups is 1. The second-order valence-electron chi connectivity index (χ2n) is 2.98. The van der Waals surface area contributed by atoms with E-state index in [-0.39, 0.29) is 18.0 Å². The Hall–Kier alpha value is -2.56. The van der Waals surface area contributed by atoms with Crippen LogP contribution in [0.25, 0.3) is 0 Å². The fraction of sp³-hybridized carbons (Fsp3) is 0.143. The van der Waals surface area contributed by atoms with Crippen molar-refractivity contribution in [1.29, 1.82) is 0 Å². The highest BCUT2D eigenvalue weighted by Crippen LogP contribution is 2.12. The first-order valence-electron chi connectivity index (χ1n) is 4.60. The second kappa shape index (κ2) is 5.18. The number of H-pyrrole nitrogens is 1. The van der Waals surface area contributed by atoms with Crippen molar-refractivity contribution in [1.82, 2.24) is 25.6 Å².